The lowest BCUT2D eigenvalue weighted by atomic mass is 10.00. The number of carbonyl (C=O) groups is 5. The predicted octanol–water partition coefficient (Wildman–Crippen LogP) is 1.25. The van der Waals surface area contributed by atoms with E-state index in [1.54, 1.807) is 24.3 Å². The topological polar surface area (TPSA) is 240 Å². The van der Waals surface area contributed by atoms with Gasteiger partial charge in [-0.25, -0.2) is 4.79 Å². The molecule has 0 radical (unpaired) electrons. The molecular weight excluding hydrogens is 646 g/mol. The number of nitrogens with one attached hydrogen (secondary N) is 4. The van der Waals surface area contributed by atoms with Crippen LogP contribution in [-0.4, -0.2) is 80.2 Å². The van der Waals surface area contributed by atoms with Gasteiger partial charge in [-0.05, 0) is 78.8 Å². The maximum atomic E-state index is 13.7. The Labute approximate surface area is 290 Å². The number of carboxylic acids is 1. The van der Waals surface area contributed by atoms with Crippen molar-refractivity contribution < 1.29 is 44.4 Å². The van der Waals surface area contributed by atoms with Gasteiger partial charge < -0.3 is 47.4 Å². The number of amides is 4. The van der Waals surface area contributed by atoms with Gasteiger partial charge in [0, 0.05) is 12.8 Å². The number of rotatable bonds is 17. The molecule has 5 atom stereocenters. The molecule has 268 valence electrons. The minimum absolute atomic E-state index is 0.00431. The Kier molecular flexibility index (Phi) is 14.1. The summed E-state index contributed by atoms with van der Waals surface area (Å²) in [6, 6.07) is 12.1. The van der Waals surface area contributed by atoms with Gasteiger partial charge in [-0.1, -0.05) is 50.2 Å². The number of phenols is 3. The van der Waals surface area contributed by atoms with Crippen LogP contribution in [0, 0.1) is 5.92 Å². The molecule has 0 aromatic heterocycles. The smallest absolute Gasteiger partial charge is 0.326 e. The van der Waals surface area contributed by atoms with E-state index in [4.69, 9.17) is 5.73 Å². The Bertz CT molecular complexity index is 1610. The van der Waals surface area contributed by atoms with Crippen LogP contribution in [0.1, 0.15) is 43.9 Å². The summed E-state index contributed by atoms with van der Waals surface area (Å²) in [5, 5.41) is 48.9. The summed E-state index contributed by atoms with van der Waals surface area (Å²) < 4.78 is 0. The van der Waals surface area contributed by atoms with Crippen molar-refractivity contribution in [2.24, 2.45) is 11.7 Å². The number of hydrogen-bond acceptors (Lipinski definition) is 9. The monoisotopic (exact) mass is 691 g/mol. The van der Waals surface area contributed by atoms with Crippen LogP contribution in [-0.2, 0) is 43.2 Å². The first-order chi connectivity index (χ1) is 23.6. The number of phenolic OH excluding ortho intramolecular Hbond substituents is 3. The van der Waals surface area contributed by atoms with Gasteiger partial charge in [-0.2, -0.15) is 0 Å². The third kappa shape index (κ3) is 12.4. The molecule has 0 saturated carbocycles. The van der Waals surface area contributed by atoms with E-state index in [1.807, 2.05) is 13.8 Å². The highest BCUT2D eigenvalue weighted by atomic mass is 16.4. The number of carbonyl (C=O) groups excluding carboxylic acids is 4. The van der Waals surface area contributed by atoms with Crippen LogP contribution >= 0.6 is 0 Å². The molecular formula is C36H45N5O9. The standard InChI is InChI=1S/C36H45N5O9/c1-20(2)16-29(39-32(45)21(3)38-33(46)28(37)17-22-4-10-25(42)11-5-22)34(47)40-30(18-23-6-12-26(43)13-7-23)35(48)41-31(36(49)50)19-24-8-14-27(44)15-9-24/h4-15,20-21,28-31,42-44H,16-19,37H2,1-3H3,(H,38,46)(H,39,45)(H,40,47)(H,41,48)(H,49,50)/t21-,28-,29-,30-,31-/m0/s1. The van der Waals surface area contributed by atoms with E-state index in [9.17, 15) is 44.4 Å². The van der Waals surface area contributed by atoms with Crippen molar-refractivity contribution in [2.75, 3.05) is 0 Å². The Morgan fingerprint density at radius 1 is 0.540 bits per heavy atom. The molecule has 10 N–H and O–H groups in total. The molecule has 0 aliphatic heterocycles. The minimum Gasteiger partial charge on any atom is -0.508 e. The van der Waals surface area contributed by atoms with Crippen molar-refractivity contribution >= 4 is 29.6 Å². The lowest BCUT2D eigenvalue weighted by Crippen LogP contribution is -2.58. The molecule has 0 saturated heterocycles. The average Bonchev–Trinajstić information content (AvgIpc) is 3.06. The molecule has 0 fully saturated rings. The zero-order valence-corrected chi connectivity index (χ0v) is 28.1. The summed E-state index contributed by atoms with van der Waals surface area (Å²) in [5.74, 6) is -4.12. The van der Waals surface area contributed by atoms with Crippen molar-refractivity contribution in [3.05, 3.63) is 89.5 Å². The Morgan fingerprint density at radius 3 is 1.36 bits per heavy atom. The van der Waals surface area contributed by atoms with Gasteiger partial charge in [-0.15, -0.1) is 0 Å². The summed E-state index contributed by atoms with van der Waals surface area (Å²) in [6.45, 7) is 5.11. The quantitative estimate of drug-likeness (QED) is 0.0981. The Hall–Kier alpha value is -5.63. The first-order valence-electron chi connectivity index (χ1n) is 16.1. The van der Waals surface area contributed by atoms with Crippen LogP contribution in [0.5, 0.6) is 17.2 Å². The molecule has 3 rings (SSSR count). The number of nitrogens with two attached hydrogens (primary N) is 1. The van der Waals surface area contributed by atoms with E-state index in [0.717, 1.165) is 0 Å². The van der Waals surface area contributed by atoms with Gasteiger partial charge in [-0.3, -0.25) is 19.2 Å². The largest absolute Gasteiger partial charge is 0.508 e. The van der Waals surface area contributed by atoms with Gasteiger partial charge in [0.05, 0.1) is 6.04 Å². The van der Waals surface area contributed by atoms with Crippen LogP contribution in [0.25, 0.3) is 0 Å². The minimum atomic E-state index is -1.37. The Morgan fingerprint density at radius 2 is 0.920 bits per heavy atom. The number of carboxylic acid groups (broad SMARTS) is 1. The highest BCUT2D eigenvalue weighted by Crippen LogP contribution is 2.15. The predicted molar refractivity (Wildman–Crippen MR) is 184 cm³/mol. The molecule has 4 amide bonds. The van der Waals surface area contributed by atoms with Crippen molar-refractivity contribution in [3.63, 3.8) is 0 Å². The van der Waals surface area contributed by atoms with E-state index in [-0.39, 0.29) is 48.8 Å². The summed E-state index contributed by atoms with van der Waals surface area (Å²) in [7, 11) is 0. The lowest BCUT2D eigenvalue weighted by molar-refractivity contribution is -0.142. The van der Waals surface area contributed by atoms with Crippen molar-refractivity contribution in [2.45, 2.75) is 76.7 Å². The molecule has 3 aromatic carbocycles. The fourth-order valence-corrected chi connectivity index (χ4v) is 5.05. The lowest BCUT2D eigenvalue weighted by Gasteiger charge is -2.26. The second kappa shape index (κ2) is 18.2. The number of hydrogen-bond donors (Lipinski definition) is 9. The molecule has 0 bridgehead atoms. The summed E-state index contributed by atoms with van der Waals surface area (Å²) >= 11 is 0. The SMILES string of the molecule is CC(C)C[C@H](NC(=O)[C@H](C)NC(=O)[C@@H](N)Cc1ccc(O)cc1)C(=O)N[C@@H](Cc1ccc(O)cc1)C(=O)N[C@@H](Cc1ccc(O)cc1)C(=O)O. The van der Waals surface area contributed by atoms with Gasteiger partial charge >= 0.3 is 5.97 Å². The zero-order valence-electron chi connectivity index (χ0n) is 28.1. The van der Waals surface area contributed by atoms with E-state index < -0.39 is 59.8 Å². The van der Waals surface area contributed by atoms with Crippen molar-refractivity contribution in [1.29, 1.82) is 0 Å². The fraction of sp³-hybridized carbons (Fsp3) is 0.361. The van der Waals surface area contributed by atoms with Crippen LogP contribution in [0.4, 0.5) is 0 Å². The molecule has 0 spiro atoms. The van der Waals surface area contributed by atoms with E-state index in [1.165, 1.54) is 55.5 Å². The van der Waals surface area contributed by atoms with Gasteiger partial charge in [0.2, 0.25) is 23.6 Å². The highest BCUT2D eigenvalue weighted by Gasteiger charge is 2.31. The molecule has 0 unspecified atom stereocenters. The number of benzene rings is 3. The van der Waals surface area contributed by atoms with Crippen LogP contribution in [0.3, 0.4) is 0 Å². The maximum absolute atomic E-state index is 13.7. The van der Waals surface area contributed by atoms with Gasteiger partial charge in [0.15, 0.2) is 0 Å². The second-order valence-electron chi connectivity index (χ2n) is 12.6. The highest BCUT2D eigenvalue weighted by molar-refractivity contribution is 5.95. The number of aliphatic carboxylic acids is 1. The van der Waals surface area contributed by atoms with Gasteiger partial charge in [0.1, 0.15) is 41.4 Å². The normalized spacial score (nSPS) is 14.0. The molecule has 14 heteroatoms. The molecule has 14 nitrogen and oxygen atoms in total. The first kappa shape index (κ1) is 38.8. The van der Waals surface area contributed by atoms with Crippen LogP contribution in [0.2, 0.25) is 0 Å². The number of aromatic hydroxyl groups is 3. The maximum Gasteiger partial charge on any atom is 0.326 e. The first-order valence-corrected chi connectivity index (χ1v) is 16.1. The average molecular weight is 692 g/mol. The molecule has 50 heavy (non-hydrogen) atoms. The second-order valence-corrected chi connectivity index (χ2v) is 12.6. The Balaban J connectivity index is 1.73. The molecule has 0 heterocycles. The third-order valence-electron chi connectivity index (χ3n) is 7.82. The summed E-state index contributed by atoms with van der Waals surface area (Å²) in [6.07, 6.45) is 0.151. The van der Waals surface area contributed by atoms with Gasteiger partial charge in [0.25, 0.3) is 0 Å². The third-order valence-corrected chi connectivity index (χ3v) is 7.82. The molecule has 3 aromatic rings. The van der Waals surface area contributed by atoms with Crippen molar-refractivity contribution in [1.82, 2.24) is 21.3 Å². The molecule has 0 aliphatic rings. The fourth-order valence-electron chi connectivity index (χ4n) is 5.05. The van der Waals surface area contributed by atoms with E-state index >= 15 is 0 Å². The summed E-state index contributed by atoms with van der Waals surface area (Å²) in [4.78, 5) is 65.3. The van der Waals surface area contributed by atoms with E-state index in [2.05, 4.69) is 21.3 Å². The van der Waals surface area contributed by atoms with Crippen LogP contribution in [0.15, 0.2) is 72.8 Å². The van der Waals surface area contributed by atoms with Crippen molar-refractivity contribution in [3.8, 4) is 17.2 Å². The molecule has 0 aliphatic carbocycles. The van der Waals surface area contributed by atoms with E-state index in [0.29, 0.717) is 16.7 Å². The summed E-state index contributed by atoms with van der Waals surface area (Å²) in [5.41, 5.74) is 7.84. The zero-order chi connectivity index (χ0) is 37.0. The van der Waals surface area contributed by atoms with Crippen LogP contribution < -0.4 is 27.0 Å².